The molecule has 0 aromatic heterocycles. The molecular formula is C24H32N2O2. The van der Waals surface area contributed by atoms with Gasteiger partial charge in [-0.05, 0) is 74.2 Å². The maximum atomic E-state index is 12.4. The van der Waals surface area contributed by atoms with Gasteiger partial charge < -0.3 is 10.1 Å². The molecule has 1 amide bonds. The van der Waals surface area contributed by atoms with E-state index in [1.807, 2.05) is 36.4 Å². The summed E-state index contributed by atoms with van der Waals surface area (Å²) in [7, 11) is 0. The Balaban J connectivity index is 1.50. The molecule has 0 radical (unpaired) electrons. The predicted octanol–water partition coefficient (Wildman–Crippen LogP) is 5.20. The molecule has 1 saturated heterocycles. The molecule has 1 heterocycles. The van der Waals surface area contributed by atoms with Gasteiger partial charge in [-0.15, -0.1) is 0 Å². The van der Waals surface area contributed by atoms with Gasteiger partial charge in [-0.25, -0.2) is 0 Å². The highest BCUT2D eigenvalue weighted by Crippen LogP contribution is 2.20. The SMILES string of the molecule is CC(Oc1ccc(C(C)C)cc1)C(=O)Nc1ccc(CN2CCCCC2)cc1. The van der Waals surface area contributed by atoms with Crippen LogP contribution in [0.2, 0.25) is 0 Å². The number of nitrogens with one attached hydrogen (secondary N) is 1. The first kappa shape index (κ1) is 20.4. The highest BCUT2D eigenvalue weighted by Gasteiger charge is 2.15. The number of carbonyl (C=O) groups excluding carboxylic acids is 1. The summed E-state index contributed by atoms with van der Waals surface area (Å²) in [5.74, 6) is 1.05. The van der Waals surface area contributed by atoms with Gasteiger partial charge in [-0.1, -0.05) is 44.5 Å². The van der Waals surface area contributed by atoms with Gasteiger partial charge in [0.05, 0.1) is 0 Å². The average molecular weight is 381 g/mol. The third kappa shape index (κ3) is 5.83. The van der Waals surface area contributed by atoms with Crippen LogP contribution >= 0.6 is 0 Å². The smallest absolute Gasteiger partial charge is 0.265 e. The minimum atomic E-state index is -0.557. The fourth-order valence-electron chi connectivity index (χ4n) is 3.50. The van der Waals surface area contributed by atoms with Gasteiger partial charge in [0.2, 0.25) is 0 Å². The van der Waals surface area contributed by atoms with Gasteiger partial charge in [0, 0.05) is 12.2 Å². The predicted molar refractivity (Wildman–Crippen MR) is 115 cm³/mol. The number of anilines is 1. The summed E-state index contributed by atoms with van der Waals surface area (Å²) in [6.45, 7) is 9.45. The number of ether oxygens (including phenoxy) is 1. The van der Waals surface area contributed by atoms with Gasteiger partial charge in [-0.3, -0.25) is 9.69 Å². The van der Waals surface area contributed by atoms with Crippen LogP contribution in [0.4, 0.5) is 5.69 Å². The van der Waals surface area contributed by atoms with E-state index in [-0.39, 0.29) is 5.91 Å². The number of rotatable bonds is 7. The maximum Gasteiger partial charge on any atom is 0.265 e. The molecule has 1 aliphatic rings. The van der Waals surface area contributed by atoms with Gasteiger partial charge in [0.1, 0.15) is 5.75 Å². The van der Waals surface area contributed by atoms with Crippen LogP contribution in [-0.4, -0.2) is 30.0 Å². The fraction of sp³-hybridized carbons (Fsp3) is 0.458. The van der Waals surface area contributed by atoms with Crippen molar-refractivity contribution in [1.29, 1.82) is 0 Å². The summed E-state index contributed by atoms with van der Waals surface area (Å²) < 4.78 is 5.79. The molecule has 2 aromatic carbocycles. The number of piperidine rings is 1. The molecule has 2 aromatic rings. The third-order valence-electron chi connectivity index (χ3n) is 5.31. The molecule has 28 heavy (non-hydrogen) atoms. The van der Waals surface area contributed by atoms with Crippen LogP contribution in [0.5, 0.6) is 5.75 Å². The second-order valence-electron chi connectivity index (χ2n) is 8.01. The molecule has 0 saturated carbocycles. The topological polar surface area (TPSA) is 41.6 Å². The first-order valence-corrected chi connectivity index (χ1v) is 10.4. The van der Waals surface area contributed by atoms with Gasteiger partial charge >= 0.3 is 0 Å². The normalized spacial score (nSPS) is 16.0. The van der Waals surface area contributed by atoms with E-state index in [4.69, 9.17) is 4.74 Å². The highest BCUT2D eigenvalue weighted by atomic mass is 16.5. The van der Waals surface area contributed by atoms with Crippen molar-refractivity contribution in [3.05, 3.63) is 59.7 Å². The number of hydrogen-bond donors (Lipinski definition) is 1. The lowest BCUT2D eigenvalue weighted by Gasteiger charge is -2.26. The summed E-state index contributed by atoms with van der Waals surface area (Å²) in [4.78, 5) is 14.9. The standard InChI is InChI=1S/C24H32N2O2/c1-18(2)21-9-13-23(14-10-21)28-19(3)24(27)25-22-11-7-20(8-12-22)17-26-15-5-4-6-16-26/h7-14,18-19H,4-6,15-17H2,1-3H3,(H,25,27). The number of benzene rings is 2. The Bertz CT molecular complexity index is 747. The van der Waals surface area contributed by atoms with E-state index in [1.54, 1.807) is 6.92 Å². The lowest BCUT2D eigenvalue weighted by atomic mass is 10.0. The summed E-state index contributed by atoms with van der Waals surface area (Å²) in [5, 5.41) is 2.94. The summed E-state index contributed by atoms with van der Waals surface area (Å²) in [6.07, 6.45) is 3.39. The molecule has 1 aliphatic heterocycles. The minimum absolute atomic E-state index is 0.142. The Labute approximate surface area is 168 Å². The Morgan fingerprint density at radius 3 is 2.21 bits per heavy atom. The quantitative estimate of drug-likeness (QED) is 0.718. The zero-order valence-corrected chi connectivity index (χ0v) is 17.3. The van der Waals surface area contributed by atoms with E-state index in [1.165, 1.54) is 43.5 Å². The fourth-order valence-corrected chi connectivity index (χ4v) is 3.50. The number of carbonyl (C=O) groups is 1. The summed E-state index contributed by atoms with van der Waals surface area (Å²) in [5.41, 5.74) is 3.35. The van der Waals surface area contributed by atoms with Crippen molar-refractivity contribution in [2.45, 2.75) is 58.6 Å². The number of amides is 1. The second-order valence-corrected chi connectivity index (χ2v) is 8.01. The van der Waals surface area contributed by atoms with E-state index in [9.17, 15) is 4.79 Å². The van der Waals surface area contributed by atoms with Crippen molar-refractivity contribution in [1.82, 2.24) is 4.90 Å². The van der Waals surface area contributed by atoms with Crippen LogP contribution in [-0.2, 0) is 11.3 Å². The molecular weight excluding hydrogens is 348 g/mol. The van der Waals surface area contributed by atoms with Crippen molar-refractivity contribution in [2.75, 3.05) is 18.4 Å². The second kappa shape index (κ2) is 9.74. The van der Waals surface area contributed by atoms with Crippen LogP contribution in [0.1, 0.15) is 57.1 Å². The summed E-state index contributed by atoms with van der Waals surface area (Å²) in [6, 6.07) is 16.1. The molecule has 3 rings (SSSR count). The molecule has 0 spiro atoms. The van der Waals surface area contributed by atoms with Crippen LogP contribution in [0.25, 0.3) is 0 Å². The lowest BCUT2D eigenvalue weighted by molar-refractivity contribution is -0.122. The van der Waals surface area contributed by atoms with Crippen molar-refractivity contribution in [2.24, 2.45) is 0 Å². The molecule has 0 bridgehead atoms. The van der Waals surface area contributed by atoms with Crippen LogP contribution < -0.4 is 10.1 Å². The zero-order chi connectivity index (χ0) is 19.9. The molecule has 0 aliphatic carbocycles. The molecule has 4 heteroatoms. The first-order valence-electron chi connectivity index (χ1n) is 10.4. The Morgan fingerprint density at radius 1 is 0.964 bits per heavy atom. The molecule has 1 unspecified atom stereocenters. The highest BCUT2D eigenvalue weighted by molar-refractivity contribution is 5.94. The summed E-state index contributed by atoms with van der Waals surface area (Å²) >= 11 is 0. The van der Waals surface area contributed by atoms with Crippen LogP contribution in [0, 0.1) is 0 Å². The number of hydrogen-bond acceptors (Lipinski definition) is 3. The lowest BCUT2D eigenvalue weighted by Crippen LogP contribution is -2.30. The van der Waals surface area contributed by atoms with E-state index in [2.05, 4.69) is 36.2 Å². The largest absolute Gasteiger partial charge is 0.481 e. The van der Waals surface area contributed by atoms with Crippen molar-refractivity contribution < 1.29 is 9.53 Å². The Kier molecular flexibility index (Phi) is 7.10. The van der Waals surface area contributed by atoms with Crippen molar-refractivity contribution >= 4 is 11.6 Å². The van der Waals surface area contributed by atoms with Gasteiger partial charge in [0.25, 0.3) is 5.91 Å². The Hall–Kier alpha value is -2.33. The monoisotopic (exact) mass is 380 g/mol. The van der Waals surface area contributed by atoms with Gasteiger partial charge in [0.15, 0.2) is 6.10 Å². The first-order chi connectivity index (χ1) is 13.5. The third-order valence-corrected chi connectivity index (χ3v) is 5.31. The van der Waals surface area contributed by atoms with Crippen molar-refractivity contribution in [3.8, 4) is 5.75 Å². The van der Waals surface area contributed by atoms with Crippen LogP contribution in [0.3, 0.4) is 0 Å². The molecule has 1 fully saturated rings. The average Bonchev–Trinajstić information content (AvgIpc) is 2.70. The number of likely N-dealkylation sites (tertiary alicyclic amines) is 1. The Morgan fingerprint density at radius 2 is 1.61 bits per heavy atom. The molecule has 4 nitrogen and oxygen atoms in total. The number of nitrogens with zero attached hydrogens (tertiary/aromatic N) is 1. The van der Waals surface area contributed by atoms with Gasteiger partial charge in [-0.2, -0.15) is 0 Å². The van der Waals surface area contributed by atoms with E-state index >= 15 is 0 Å². The maximum absolute atomic E-state index is 12.4. The minimum Gasteiger partial charge on any atom is -0.481 e. The zero-order valence-electron chi connectivity index (χ0n) is 17.3. The van der Waals surface area contributed by atoms with Crippen LogP contribution in [0.15, 0.2) is 48.5 Å². The van der Waals surface area contributed by atoms with E-state index < -0.39 is 6.10 Å². The van der Waals surface area contributed by atoms with Crippen molar-refractivity contribution in [3.63, 3.8) is 0 Å². The molecule has 1 N–H and O–H groups in total. The molecule has 150 valence electrons. The molecule has 1 atom stereocenters. The van der Waals surface area contributed by atoms with E-state index in [0.29, 0.717) is 11.7 Å². The van der Waals surface area contributed by atoms with E-state index in [0.717, 1.165) is 12.2 Å².